The van der Waals surface area contributed by atoms with E-state index < -0.39 is 0 Å². The molecule has 0 unspecified atom stereocenters. The molecular formula is C13H17N3OS. The van der Waals surface area contributed by atoms with Crippen molar-refractivity contribution in [3.8, 4) is 0 Å². The summed E-state index contributed by atoms with van der Waals surface area (Å²) in [6.07, 6.45) is 0. The van der Waals surface area contributed by atoms with Crippen LogP contribution in [0.25, 0.3) is 10.9 Å². The summed E-state index contributed by atoms with van der Waals surface area (Å²) in [7, 11) is 5.85. The van der Waals surface area contributed by atoms with E-state index in [4.69, 9.17) is 0 Å². The smallest absolute Gasteiger partial charge is 0.261 e. The Balaban J connectivity index is 2.34. The second-order valence-corrected chi connectivity index (χ2v) is 5.49. The van der Waals surface area contributed by atoms with Gasteiger partial charge in [0.05, 0.1) is 10.9 Å². The van der Waals surface area contributed by atoms with E-state index >= 15 is 0 Å². The van der Waals surface area contributed by atoms with Gasteiger partial charge in [0.1, 0.15) is 0 Å². The van der Waals surface area contributed by atoms with Gasteiger partial charge in [0.15, 0.2) is 5.16 Å². The van der Waals surface area contributed by atoms with E-state index in [0.717, 1.165) is 23.0 Å². The van der Waals surface area contributed by atoms with Gasteiger partial charge in [-0.2, -0.15) is 0 Å². The van der Waals surface area contributed by atoms with Crippen LogP contribution in [0.4, 0.5) is 0 Å². The summed E-state index contributed by atoms with van der Waals surface area (Å²) in [6, 6.07) is 7.47. The van der Waals surface area contributed by atoms with Gasteiger partial charge < -0.3 is 4.90 Å². The van der Waals surface area contributed by atoms with Crippen molar-refractivity contribution in [3.63, 3.8) is 0 Å². The zero-order chi connectivity index (χ0) is 13.1. The van der Waals surface area contributed by atoms with Crippen molar-refractivity contribution >= 4 is 22.7 Å². The second-order valence-electron chi connectivity index (χ2n) is 4.43. The third-order valence-electron chi connectivity index (χ3n) is 2.71. The molecule has 1 aromatic heterocycles. The van der Waals surface area contributed by atoms with Gasteiger partial charge in [-0.1, -0.05) is 23.9 Å². The highest BCUT2D eigenvalue weighted by atomic mass is 32.2. The van der Waals surface area contributed by atoms with Gasteiger partial charge in [-0.15, -0.1) is 0 Å². The van der Waals surface area contributed by atoms with Crippen molar-refractivity contribution in [1.82, 2.24) is 14.5 Å². The molecule has 0 fully saturated rings. The highest BCUT2D eigenvalue weighted by Crippen LogP contribution is 2.16. The fourth-order valence-electron chi connectivity index (χ4n) is 1.65. The molecular weight excluding hydrogens is 246 g/mol. The first-order valence-corrected chi connectivity index (χ1v) is 6.81. The Labute approximate surface area is 111 Å². The summed E-state index contributed by atoms with van der Waals surface area (Å²) in [5.41, 5.74) is 0.793. The summed E-state index contributed by atoms with van der Waals surface area (Å²) < 4.78 is 1.63. The van der Waals surface area contributed by atoms with Crippen molar-refractivity contribution in [1.29, 1.82) is 0 Å². The van der Waals surface area contributed by atoms with Crippen molar-refractivity contribution in [2.75, 3.05) is 26.4 Å². The maximum Gasteiger partial charge on any atom is 0.261 e. The molecule has 0 saturated heterocycles. The Bertz CT molecular complexity index is 607. The Hall–Kier alpha value is -1.33. The van der Waals surface area contributed by atoms with Crippen molar-refractivity contribution in [2.45, 2.75) is 5.16 Å². The number of hydrogen-bond donors (Lipinski definition) is 0. The molecule has 0 radical (unpaired) electrons. The lowest BCUT2D eigenvalue weighted by atomic mass is 10.2. The van der Waals surface area contributed by atoms with E-state index in [1.54, 1.807) is 23.4 Å². The van der Waals surface area contributed by atoms with E-state index in [9.17, 15) is 4.79 Å². The summed E-state index contributed by atoms with van der Waals surface area (Å²) in [5, 5.41) is 1.46. The van der Waals surface area contributed by atoms with E-state index in [0.29, 0.717) is 5.39 Å². The maximum atomic E-state index is 12.1. The first-order valence-electron chi connectivity index (χ1n) is 5.83. The van der Waals surface area contributed by atoms with Gasteiger partial charge in [-0.3, -0.25) is 9.36 Å². The van der Waals surface area contributed by atoms with Crippen LogP contribution in [0.2, 0.25) is 0 Å². The minimum Gasteiger partial charge on any atom is -0.309 e. The largest absolute Gasteiger partial charge is 0.309 e. The number of hydrogen-bond acceptors (Lipinski definition) is 4. The summed E-state index contributed by atoms with van der Waals surface area (Å²) in [4.78, 5) is 18.8. The van der Waals surface area contributed by atoms with Gasteiger partial charge in [-0.05, 0) is 26.2 Å². The van der Waals surface area contributed by atoms with Crippen LogP contribution in [0.1, 0.15) is 0 Å². The van der Waals surface area contributed by atoms with Crippen LogP contribution in [0.3, 0.4) is 0 Å². The first-order chi connectivity index (χ1) is 8.59. The topological polar surface area (TPSA) is 38.1 Å². The Morgan fingerprint density at radius 1 is 1.33 bits per heavy atom. The fraction of sp³-hybridized carbons (Fsp3) is 0.385. The third kappa shape index (κ3) is 2.73. The second kappa shape index (κ2) is 5.54. The zero-order valence-electron chi connectivity index (χ0n) is 10.9. The minimum atomic E-state index is 0.0213. The lowest BCUT2D eigenvalue weighted by Crippen LogP contribution is -2.21. The predicted octanol–water partition coefficient (Wildman–Crippen LogP) is 1.59. The monoisotopic (exact) mass is 263 g/mol. The fourth-order valence-corrected chi connectivity index (χ4v) is 2.72. The molecule has 0 spiro atoms. The number of nitrogens with zero attached hydrogens (tertiary/aromatic N) is 3. The molecule has 0 saturated carbocycles. The van der Waals surface area contributed by atoms with Gasteiger partial charge in [-0.25, -0.2) is 4.98 Å². The average Bonchev–Trinajstić information content (AvgIpc) is 2.35. The Morgan fingerprint density at radius 2 is 2.06 bits per heavy atom. The van der Waals surface area contributed by atoms with Crippen LogP contribution in [-0.4, -0.2) is 40.8 Å². The van der Waals surface area contributed by atoms with Crippen LogP contribution < -0.4 is 5.56 Å². The SMILES string of the molecule is CN(C)CCSc1nc2ccccc2c(=O)n1C. The first kappa shape index (κ1) is 13.1. The van der Waals surface area contributed by atoms with Gasteiger partial charge in [0, 0.05) is 19.3 Å². The molecule has 0 aliphatic rings. The normalized spacial score (nSPS) is 11.3. The van der Waals surface area contributed by atoms with Gasteiger partial charge >= 0.3 is 0 Å². The number of benzene rings is 1. The standard InChI is InChI=1S/C13H17N3OS/c1-15(2)8-9-18-13-14-11-7-5-4-6-10(11)12(17)16(13)3/h4-7H,8-9H2,1-3H3. The van der Waals surface area contributed by atoms with E-state index in [2.05, 4.69) is 9.88 Å². The number of thioether (sulfide) groups is 1. The maximum absolute atomic E-state index is 12.1. The molecule has 96 valence electrons. The average molecular weight is 263 g/mol. The summed E-state index contributed by atoms with van der Waals surface area (Å²) in [5.74, 6) is 0.922. The lowest BCUT2D eigenvalue weighted by Gasteiger charge is -2.11. The van der Waals surface area contributed by atoms with Crippen LogP contribution in [0, 0.1) is 0 Å². The van der Waals surface area contributed by atoms with Crippen molar-refractivity contribution < 1.29 is 0 Å². The van der Waals surface area contributed by atoms with Crippen molar-refractivity contribution in [2.24, 2.45) is 7.05 Å². The summed E-state index contributed by atoms with van der Waals surface area (Å²) in [6.45, 7) is 0.966. The molecule has 1 heterocycles. The Morgan fingerprint density at radius 3 is 2.78 bits per heavy atom. The highest BCUT2D eigenvalue weighted by Gasteiger charge is 2.07. The van der Waals surface area contributed by atoms with Gasteiger partial charge in [0.25, 0.3) is 5.56 Å². The van der Waals surface area contributed by atoms with E-state index in [1.165, 1.54) is 0 Å². The number of fused-ring (bicyclic) bond motifs is 1. The minimum absolute atomic E-state index is 0.0213. The molecule has 18 heavy (non-hydrogen) atoms. The van der Waals surface area contributed by atoms with Crippen LogP contribution in [-0.2, 0) is 7.05 Å². The molecule has 0 aliphatic carbocycles. The molecule has 2 aromatic rings. The molecule has 1 aromatic carbocycles. The van der Waals surface area contributed by atoms with Gasteiger partial charge in [0.2, 0.25) is 0 Å². The molecule has 4 nitrogen and oxygen atoms in total. The highest BCUT2D eigenvalue weighted by molar-refractivity contribution is 7.99. The number of para-hydroxylation sites is 1. The molecule has 0 amide bonds. The third-order valence-corrected chi connectivity index (χ3v) is 3.72. The van der Waals surface area contributed by atoms with Crippen molar-refractivity contribution in [3.05, 3.63) is 34.6 Å². The molecule has 0 bridgehead atoms. The quantitative estimate of drug-likeness (QED) is 0.620. The van der Waals surface area contributed by atoms with Crippen LogP contribution in [0.15, 0.2) is 34.2 Å². The van der Waals surface area contributed by atoms with E-state index in [1.807, 2.05) is 38.4 Å². The number of aromatic nitrogens is 2. The molecule has 0 atom stereocenters. The zero-order valence-corrected chi connectivity index (χ0v) is 11.7. The summed E-state index contributed by atoms with van der Waals surface area (Å²) >= 11 is 1.61. The van der Waals surface area contributed by atoms with Crippen LogP contribution >= 0.6 is 11.8 Å². The predicted molar refractivity (Wildman–Crippen MR) is 76.3 cm³/mol. The molecule has 5 heteroatoms. The lowest BCUT2D eigenvalue weighted by molar-refractivity contribution is 0.437. The van der Waals surface area contributed by atoms with E-state index in [-0.39, 0.29) is 5.56 Å². The molecule has 0 aliphatic heterocycles. The Kier molecular flexibility index (Phi) is 4.04. The number of rotatable bonds is 4. The van der Waals surface area contributed by atoms with Crippen LogP contribution in [0.5, 0.6) is 0 Å². The molecule has 2 rings (SSSR count). The molecule has 0 N–H and O–H groups in total.